The van der Waals surface area contributed by atoms with E-state index < -0.39 is 0 Å². The highest BCUT2D eigenvalue weighted by atomic mass is 35.5. The highest BCUT2D eigenvalue weighted by molar-refractivity contribution is 6.30. The highest BCUT2D eigenvalue weighted by Gasteiger charge is 2.34. The van der Waals surface area contributed by atoms with E-state index in [-0.39, 0.29) is 30.3 Å². The fraction of sp³-hybridized carbons (Fsp3) is 0.346. The summed E-state index contributed by atoms with van der Waals surface area (Å²) in [5, 5.41) is 3.56. The van der Waals surface area contributed by atoms with Gasteiger partial charge in [-0.15, -0.1) is 0 Å². The normalized spacial score (nSPS) is 13.1. The van der Waals surface area contributed by atoms with E-state index in [2.05, 4.69) is 10.3 Å². The van der Waals surface area contributed by atoms with Gasteiger partial charge in [0.05, 0.1) is 18.5 Å². The van der Waals surface area contributed by atoms with Gasteiger partial charge in [0.1, 0.15) is 12.3 Å². The largest absolute Gasteiger partial charge is 0.497 e. The van der Waals surface area contributed by atoms with Crippen LogP contribution in [0, 0.1) is 5.92 Å². The monoisotopic (exact) mass is 480 g/mol. The van der Waals surface area contributed by atoms with Gasteiger partial charge in [0.2, 0.25) is 17.8 Å². The lowest BCUT2D eigenvalue weighted by molar-refractivity contribution is -0.135. The molecule has 7 nitrogen and oxygen atoms in total. The number of ether oxygens (including phenoxy) is 1. The van der Waals surface area contributed by atoms with Crippen LogP contribution in [0.25, 0.3) is 16.9 Å². The van der Waals surface area contributed by atoms with E-state index in [1.807, 2.05) is 61.0 Å². The Hall–Kier alpha value is -3.32. The van der Waals surface area contributed by atoms with Crippen LogP contribution in [-0.2, 0) is 9.59 Å². The molecule has 0 spiro atoms. The molecule has 1 heterocycles. The summed E-state index contributed by atoms with van der Waals surface area (Å²) in [7, 11) is 1.61. The summed E-state index contributed by atoms with van der Waals surface area (Å²) in [6.45, 7) is 4.02. The van der Waals surface area contributed by atoms with Crippen molar-refractivity contribution < 1.29 is 14.3 Å². The third-order valence-electron chi connectivity index (χ3n) is 5.63. The predicted octanol–water partition coefficient (Wildman–Crippen LogP) is 5.18. The van der Waals surface area contributed by atoms with Crippen LogP contribution in [0.15, 0.2) is 54.7 Å². The molecule has 0 saturated heterocycles. The number of anilines is 1. The fourth-order valence-corrected chi connectivity index (χ4v) is 3.90. The highest BCUT2D eigenvalue weighted by Crippen LogP contribution is 2.29. The number of amides is 2. The Labute approximate surface area is 204 Å². The minimum atomic E-state index is -0.276. The molecule has 8 heteroatoms. The van der Waals surface area contributed by atoms with Gasteiger partial charge in [0.25, 0.3) is 0 Å². The van der Waals surface area contributed by atoms with Crippen molar-refractivity contribution in [2.24, 2.45) is 5.92 Å². The molecule has 0 unspecified atom stereocenters. The zero-order valence-electron chi connectivity index (χ0n) is 19.6. The zero-order valence-corrected chi connectivity index (χ0v) is 20.4. The molecule has 1 N–H and O–H groups in total. The minimum Gasteiger partial charge on any atom is -0.497 e. The van der Waals surface area contributed by atoms with Crippen molar-refractivity contribution in [1.82, 2.24) is 14.5 Å². The fourth-order valence-electron chi connectivity index (χ4n) is 3.78. The van der Waals surface area contributed by atoms with Crippen molar-refractivity contribution in [1.29, 1.82) is 0 Å². The van der Waals surface area contributed by atoms with E-state index in [1.54, 1.807) is 24.1 Å². The first-order valence-corrected chi connectivity index (χ1v) is 11.8. The molecule has 2 amide bonds. The van der Waals surface area contributed by atoms with E-state index in [9.17, 15) is 9.59 Å². The molecule has 1 fully saturated rings. The van der Waals surface area contributed by atoms with Crippen LogP contribution in [-0.4, -0.2) is 46.0 Å². The minimum absolute atomic E-state index is 0.0114. The smallest absolute Gasteiger partial charge is 0.246 e. The summed E-state index contributed by atoms with van der Waals surface area (Å²) in [5.41, 5.74) is 2.34. The number of carbonyl (C=O) groups excluding carboxylic acids is 2. The molecule has 0 atom stereocenters. The number of imidazole rings is 1. The predicted molar refractivity (Wildman–Crippen MR) is 133 cm³/mol. The number of aromatic nitrogens is 2. The van der Waals surface area contributed by atoms with Crippen LogP contribution >= 0.6 is 11.6 Å². The van der Waals surface area contributed by atoms with Crippen molar-refractivity contribution in [3.8, 4) is 22.7 Å². The van der Waals surface area contributed by atoms with Crippen LogP contribution in [0.4, 0.5) is 5.95 Å². The SMILES string of the molecule is COc1cccc(-n2cc(-c3ccc(Cl)cc3)nc2NC(=O)CN(C(=O)CC(C)C)C2CC2)c1. The lowest BCUT2D eigenvalue weighted by atomic mass is 10.1. The molecule has 1 aromatic heterocycles. The van der Waals surface area contributed by atoms with E-state index in [0.717, 1.165) is 24.1 Å². The summed E-state index contributed by atoms with van der Waals surface area (Å²) in [6, 6.07) is 15.0. The molecule has 1 aliphatic rings. The quantitative estimate of drug-likeness (QED) is 0.458. The maximum Gasteiger partial charge on any atom is 0.246 e. The average Bonchev–Trinajstić information content (AvgIpc) is 3.57. The lowest BCUT2D eigenvalue weighted by Gasteiger charge is -2.22. The maximum absolute atomic E-state index is 13.0. The summed E-state index contributed by atoms with van der Waals surface area (Å²) in [6.07, 6.45) is 4.17. The van der Waals surface area contributed by atoms with Gasteiger partial charge in [-0.1, -0.05) is 43.6 Å². The second-order valence-corrected chi connectivity index (χ2v) is 9.36. The van der Waals surface area contributed by atoms with Gasteiger partial charge in [-0.25, -0.2) is 4.98 Å². The van der Waals surface area contributed by atoms with Crippen molar-refractivity contribution in [2.75, 3.05) is 19.0 Å². The van der Waals surface area contributed by atoms with Crippen molar-refractivity contribution >= 4 is 29.4 Å². The molecule has 2 aromatic carbocycles. The molecule has 0 radical (unpaired) electrons. The van der Waals surface area contributed by atoms with E-state index in [4.69, 9.17) is 16.3 Å². The van der Waals surface area contributed by atoms with Crippen LogP contribution in [0.5, 0.6) is 5.75 Å². The van der Waals surface area contributed by atoms with Crippen LogP contribution in [0.1, 0.15) is 33.1 Å². The van der Waals surface area contributed by atoms with Gasteiger partial charge in [-0.05, 0) is 43.0 Å². The standard InChI is InChI=1S/C26H29ClN4O3/c1-17(2)13-25(33)30(20-11-12-20)16-24(32)29-26-28-23(18-7-9-19(27)10-8-18)15-31(26)21-5-4-6-22(14-21)34-3/h4-10,14-15,17,20H,11-13,16H2,1-3H3,(H,28,29,32). The third kappa shape index (κ3) is 5.78. The van der Waals surface area contributed by atoms with Crippen molar-refractivity contribution in [2.45, 2.75) is 39.2 Å². The first-order chi connectivity index (χ1) is 16.3. The van der Waals surface area contributed by atoms with E-state index >= 15 is 0 Å². The van der Waals surface area contributed by atoms with Crippen LogP contribution in [0.2, 0.25) is 5.02 Å². The summed E-state index contributed by atoms with van der Waals surface area (Å²) in [4.78, 5) is 32.1. The van der Waals surface area contributed by atoms with Crippen molar-refractivity contribution in [3.63, 3.8) is 0 Å². The van der Waals surface area contributed by atoms with Crippen LogP contribution < -0.4 is 10.1 Å². The summed E-state index contributed by atoms with van der Waals surface area (Å²) in [5.74, 6) is 1.05. The Balaban J connectivity index is 1.62. The molecular weight excluding hydrogens is 452 g/mol. The molecule has 0 aliphatic heterocycles. The molecule has 4 rings (SSSR count). The van der Waals surface area contributed by atoms with E-state index in [1.165, 1.54) is 0 Å². The number of nitrogens with one attached hydrogen (secondary N) is 1. The first-order valence-electron chi connectivity index (χ1n) is 11.4. The average molecular weight is 481 g/mol. The topological polar surface area (TPSA) is 76.5 Å². The number of nitrogens with zero attached hydrogens (tertiary/aromatic N) is 3. The molecule has 3 aromatic rings. The van der Waals surface area contributed by atoms with Gasteiger partial charge >= 0.3 is 0 Å². The Kier molecular flexibility index (Phi) is 7.22. The molecule has 0 bridgehead atoms. The van der Waals surface area contributed by atoms with Gasteiger partial charge in [0, 0.05) is 35.3 Å². The van der Waals surface area contributed by atoms with Gasteiger partial charge in [-0.3, -0.25) is 19.5 Å². The number of rotatable bonds is 9. The second-order valence-electron chi connectivity index (χ2n) is 8.93. The molecule has 1 saturated carbocycles. The zero-order chi connectivity index (χ0) is 24.2. The van der Waals surface area contributed by atoms with Gasteiger partial charge < -0.3 is 9.64 Å². The molecule has 1 aliphatic carbocycles. The number of benzene rings is 2. The first kappa shape index (κ1) is 23.8. The number of hydrogen-bond acceptors (Lipinski definition) is 4. The summed E-state index contributed by atoms with van der Waals surface area (Å²) < 4.78 is 7.17. The second kappa shape index (κ2) is 10.3. The Morgan fingerprint density at radius 3 is 2.59 bits per heavy atom. The Morgan fingerprint density at radius 2 is 1.94 bits per heavy atom. The molecule has 178 valence electrons. The number of hydrogen-bond donors (Lipinski definition) is 1. The lowest BCUT2D eigenvalue weighted by Crippen LogP contribution is -2.40. The Bertz CT molecular complexity index is 1170. The maximum atomic E-state index is 13.0. The van der Waals surface area contributed by atoms with Gasteiger partial charge in [-0.2, -0.15) is 0 Å². The van der Waals surface area contributed by atoms with Crippen molar-refractivity contribution in [3.05, 3.63) is 59.8 Å². The number of methoxy groups -OCH3 is 1. The molecule has 34 heavy (non-hydrogen) atoms. The molecular formula is C26H29ClN4O3. The number of carbonyl (C=O) groups is 2. The third-order valence-corrected chi connectivity index (χ3v) is 5.89. The van der Waals surface area contributed by atoms with E-state index in [0.29, 0.717) is 28.8 Å². The summed E-state index contributed by atoms with van der Waals surface area (Å²) >= 11 is 6.04. The number of halogens is 1. The Morgan fingerprint density at radius 1 is 1.21 bits per heavy atom. The van der Waals surface area contributed by atoms with Gasteiger partial charge in [0.15, 0.2) is 0 Å². The van der Waals surface area contributed by atoms with Crippen LogP contribution in [0.3, 0.4) is 0 Å².